The van der Waals surface area contributed by atoms with Gasteiger partial charge in [0.15, 0.2) is 6.29 Å². The summed E-state index contributed by atoms with van der Waals surface area (Å²) in [6.45, 7) is 2.59. The number of ether oxygens (including phenoxy) is 2. The van der Waals surface area contributed by atoms with E-state index < -0.39 is 0 Å². The van der Waals surface area contributed by atoms with Crippen molar-refractivity contribution in [3.8, 4) is 0 Å². The van der Waals surface area contributed by atoms with Crippen molar-refractivity contribution >= 4 is 12.6 Å². The fourth-order valence-corrected chi connectivity index (χ4v) is 0.880. The molecule has 48 valence electrons. The average Bonchev–Trinajstić information content (AvgIpc) is 2.14. The Labute approximate surface area is 54.6 Å². The van der Waals surface area contributed by atoms with Gasteiger partial charge in [-0.25, -0.2) is 0 Å². The molecular weight excluding hydrogens is 124 g/mol. The maximum atomic E-state index is 5.21. The van der Waals surface area contributed by atoms with Crippen molar-refractivity contribution in [1.82, 2.24) is 0 Å². The van der Waals surface area contributed by atoms with Gasteiger partial charge in [-0.3, -0.25) is 0 Å². The molecule has 1 saturated heterocycles. The summed E-state index contributed by atoms with van der Waals surface area (Å²) in [5.74, 6) is 0.754. The summed E-state index contributed by atoms with van der Waals surface area (Å²) in [5.41, 5.74) is 0. The predicted molar refractivity (Wildman–Crippen MR) is 34.1 cm³/mol. The van der Waals surface area contributed by atoms with Gasteiger partial charge in [-0.15, -0.1) is 0 Å². The van der Waals surface area contributed by atoms with Gasteiger partial charge in [0, 0.05) is 5.75 Å². The Morgan fingerprint density at radius 2 is 2.50 bits per heavy atom. The van der Waals surface area contributed by atoms with E-state index in [0.29, 0.717) is 6.61 Å². The third kappa shape index (κ3) is 1.37. The Hall–Kier alpha value is 0.270. The highest BCUT2D eigenvalue weighted by molar-refractivity contribution is 7.80. The van der Waals surface area contributed by atoms with E-state index in [0.717, 1.165) is 5.75 Å². The van der Waals surface area contributed by atoms with E-state index in [1.54, 1.807) is 0 Å². The maximum absolute atomic E-state index is 5.21. The van der Waals surface area contributed by atoms with Crippen LogP contribution < -0.4 is 0 Å². The van der Waals surface area contributed by atoms with Crippen molar-refractivity contribution < 1.29 is 9.47 Å². The van der Waals surface area contributed by atoms with Gasteiger partial charge >= 0.3 is 0 Å². The fraction of sp³-hybridized carbons (Fsp3) is 1.00. The van der Waals surface area contributed by atoms with Crippen LogP contribution in [-0.2, 0) is 9.47 Å². The summed E-state index contributed by atoms with van der Waals surface area (Å²) in [6.07, 6.45) is 0.195. The predicted octanol–water partition coefficient (Wildman–Crippen LogP) is 0.678. The Balaban J connectivity index is 2.22. The highest BCUT2D eigenvalue weighted by atomic mass is 32.1. The molecule has 1 rings (SSSR count). The third-order valence-corrected chi connectivity index (χ3v) is 1.51. The lowest BCUT2D eigenvalue weighted by Crippen LogP contribution is -2.11. The normalized spacial score (nSPS) is 38.2. The van der Waals surface area contributed by atoms with E-state index in [1.807, 2.05) is 6.92 Å². The first kappa shape index (κ1) is 6.39. The zero-order valence-corrected chi connectivity index (χ0v) is 5.73. The van der Waals surface area contributed by atoms with Crippen LogP contribution in [0.4, 0.5) is 0 Å². The molecule has 0 bridgehead atoms. The molecule has 2 unspecified atom stereocenters. The van der Waals surface area contributed by atoms with E-state index in [4.69, 9.17) is 9.47 Å². The fourth-order valence-electron chi connectivity index (χ4n) is 0.688. The first-order valence-electron chi connectivity index (χ1n) is 2.71. The lowest BCUT2D eigenvalue weighted by atomic mass is 10.4. The first-order valence-corrected chi connectivity index (χ1v) is 3.34. The molecule has 1 aliphatic heterocycles. The molecule has 0 spiro atoms. The molecule has 0 aromatic heterocycles. The third-order valence-electron chi connectivity index (χ3n) is 1.10. The summed E-state index contributed by atoms with van der Waals surface area (Å²) >= 11 is 4.05. The van der Waals surface area contributed by atoms with E-state index in [1.165, 1.54) is 0 Å². The minimum atomic E-state index is -0.0212. The molecule has 2 atom stereocenters. The molecule has 0 saturated carbocycles. The van der Waals surface area contributed by atoms with Crippen LogP contribution in [-0.4, -0.2) is 24.8 Å². The SMILES string of the molecule is CC1OCC(CS)O1. The van der Waals surface area contributed by atoms with Crippen molar-refractivity contribution in [3.63, 3.8) is 0 Å². The Bertz CT molecular complexity index is 76.8. The monoisotopic (exact) mass is 134 g/mol. The molecule has 0 aromatic carbocycles. The first-order chi connectivity index (χ1) is 3.83. The standard InChI is InChI=1S/C5H10O2S/c1-4-6-2-5(3-8)7-4/h4-5,8H,2-3H2,1H3. The van der Waals surface area contributed by atoms with Gasteiger partial charge in [-0.1, -0.05) is 0 Å². The summed E-state index contributed by atoms with van der Waals surface area (Å²) in [6, 6.07) is 0. The van der Waals surface area contributed by atoms with Gasteiger partial charge < -0.3 is 9.47 Å². The van der Waals surface area contributed by atoms with E-state index in [-0.39, 0.29) is 12.4 Å². The number of rotatable bonds is 1. The molecule has 1 fully saturated rings. The molecule has 0 radical (unpaired) electrons. The summed E-state index contributed by atoms with van der Waals surface area (Å²) in [7, 11) is 0. The molecule has 0 N–H and O–H groups in total. The second-order valence-electron chi connectivity index (χ2n) is 1.84. The molecule has 1 aliphatic rings. The molecule has 0 amide bonds. The van der Waals surface area contributed by atoms with Crippen LogP contribution in [0.1, 0.15) is 6.92 Å². The quantitative estimate of drug-likeness (QED) is 0.531. The smallest absolute Gasteiger partial charge is 0.155 e. The van der Waals surface area contributed by atoms with Crippen LogP contribution >= 0.6 is 12.6 Å². The average molecular weight is 134 g/mol. The lowest BCUT2D eigenvalue weighted by Gasteiger charge is -2.01. The van der Waals surface area contributed by atoms with Gasteiger partial charge in [0.25, 0.3) is 0 Å². The van der Waals surface area contributed by atoms with Gasteiger partial charge in [-0.05, 0) is 6.92 Å². The van der Waals surface area contributed by atoms with Crippen LogP contribution in [0, 0.1) is 0 Å². The van der Waals surface area contributed by atoms with Gasteiger partial charge in [0.2, 0.25) is 0 Å². The molecule has 0 aliphatic carbocycles. The summed E-state index contributed by atoms with van der Waals surface area (Å²) < 4.78 is 10.3. The minimum absolute atomic E-state index is 0.0212. The minimum Gasteiger partial charge on any atom is -0.350 e. The molecule has 1 heterocycles. The largest absolute Gasteiger partial charge is 0.350 e. The highest BCUT2D eigenvalue weighted by Gasteiger charge is 2.19. The van der Waals surface area contributed by atoms with Crippen LogP contribution in [0.2, 0.25) is 0 Å². The van der Waals surface area contributed by atoms with E-state index in [9.17, 15) is 0 Å². The second kappa shape index (κ2) is 2.71. The molecule has 2 nitrogen and oxygen atoms in total. The van der Waals surface area contributed by atoms with Crippen molar-refractivity contribution in [2.24, 2.45) is 0 Å². The zero-order valence-electron chi connectivity index (χ0n) is 4.83. The lowest BCUT2D eigenvalue weighted by molar-refractivity contribution is -0.0382. The summed E-state index contributed by atoms with van der Waals surface area (Å²) in [5, 5.41) is 0. The maximum Gasteiger partial charge on any atom is 0.155 e. The molecule has 0 aromatic rings. The van der Waals surface area contributed by atoms with Crippen LogP contribution in [0.5, 0.6) is 0 Å². The van der Waals surface area contributed by atoms with Gasteiger partial charge in [-0.2, -0.15) is 12.6 Å². The molecule has 3 heteroatoms. The number of hydrogen-bond acceptors (Lipinski definition) is 3. The van der Waals surface area contributed by atoms with E-state index in [2.05, 4.69) is 12.6 Å². The van der Waals surface area contributed by atoms with Crippen LogP contribution in [0.3, 0.4) is 0 Å². The van der Waals surface area contributed by atoms with Crippen molar-refractivity contribution in [2.75, 3.05) is 12.4 Å². The van der Waals surface area contributed by atoms with E-state index >= 15 is 0 Å². The van der Waals surface area contributed by atoms with Crippen LogP contribution in [0.25, 0.3) is 0 Å². The topological polar surface area (TPSA) is 18.5 Å². The van der Waals surface area contributed by atoms with Gasteiger partial charge in [0.05, 0.1) is 12.7 Å². The second-order valence-corrected chi connectivity index (χ2v) is 2.21. The number of hydrogen-bond donors (Lipinski definition) is 1. The highest BCUT2D eigenvalue weighted by Crippen LogP contribution is 2.10. The van der Waals surface area contributed by atoms with Crippen molar-refractivity contribution in [2.45, 2.75) is 19.3 Å². The number of thiol groups is 1. The van der Waals surface area contributed by atoms with Crippen molar-refractivity contribution in [3.05, 3.63) is 0 Å². The Morgan fingerprint density at radius 3 is 2.75 bits per heavy atom. The Kier molecular flexibility index (Phi) is 2.16. The van der Waals surface area contributed by atoms with Crippen LogP contribution in [0.15, 0.2) is 0 Å². The Morgan fingerprint density at radius 1 is 1.75 bits per heavy atom. The summed E-state index contributed by atoms with van der Waals surface area (Å²) in [4.78, 5) is 0. The molecular formula is C5H10O2S. The van der Waals surface area contributed by atoms with Gasteiger partial charge in [0.1, 0.15) is 0 Å². The van der Waals surface area contributed by atoms with Crippen molar-refractivity contribution in [1.29, 1.82) is 0 Å². The zero-order chi connectivity index (χ0) is 5.98. The molecule has 8 heavy (non-hydrogen) atoms.